The molecule has 3 aromatic carbocycles. The zero-order valence-electron chi connectivity index (χ0n) is 14.5. The van der Waals surface area contributed by atoms with Crippen LogP contribution in [0.25, 0.3) is 6.08 Å². The van der Waals surface area contributed by atoms with Crippen molar-refractivity contribution in [3.05, 3.63) is 99.4 Å². The first-order valence-corrected chi connectivity index (χ1v) is 10.1. The largest absolute Gasteiger partial charge is 0.271 e. The van der Waals surface area contributed by atoms with Gasteiger partial charge in [-0.2, -0.15) is 0 Å². The first kappa shape index (κ1) is 18.8. The zero-order valence-corrected chi connectivity index (χ0v) is 16.9. The monoisotopic (exact) mass is 424 g/mol. The highest BCUT2D eigenvalue weighted by Gasteiger charge is 2.34. The number of carbonyl (C=O) groups is 1. The van der Waals surface area contributed by atoms with E-state index in [4.69, 9.17) is 23.2 Å². The fourth-order valence-corrected chi connectivity index (χ4v) is 4.18. The summed E-state index contributed by atoms with van der Waals surface area (Å²) in [6.07, 6.45) is 1.77. The minimum atomic E-state index is -0.142. The van der Waals surface area contributed by atoms with Crippen LogP contribution in [0.3, 0.4) is 0 Å². The van der Waals surface area contributed by atoms with E-state index in [0.717, 1.165) is 16.9 Å². The first-order chi connectivity index (χ1) is 13.6. The molecule has 28 heavy (non-hydrogen) atoms. The fraction of sp³-hybridized carbons (Fsp3) is 0. The quantitative estimate of drug-likeness (QED) is 0.432. The van der Waals surface area contributed by atoms with E-state index >= 15 is 0 Å². The maximum Gasteiger partial charge on any atom is 0.271 e. The lowest BCUT2D eigenvalue weighted by Crippen LogP contribution is -2.28. The summed E-state index contributed by atoms with van der Waals surface area (Å²) in [5.74, 6) is -0.142. The van der Waals surface area contributed by atoms with Crippen molar-refractivity contribution in [3.8, 4) is 0 Å². The molecule has 0 spiro atoms. The SMILES string of the molecule is O=C1C(=Cc2ccc(Cl)cc2Cl)SC(=Nc2ccccc2)N1c1ccccc1. The second-order valence-corrected chi connectivity index (χ2v) is 7.84. The van der Waals surface area contributed by atoms with E-state index in [-0.39, 0.29) is 5.91 Å². The lowest BCUT2D eigenvalue weighted by Gasteiger charge is -2.15. The van der Waals surface area contributed by atoms with Gasteiger partial charge in [-0.3, -0.25) is 9.69 Å². The number of aliphatic imine (C=N–C) groups is 1. The van der Waals surface area contributed by atoms with E-state index in [1.807, 2.05) is 60.7 Å². The Balaban J connectivity index is 1.78. The van der Waals surface area contributed by atoms with Crippen molar-refractivity contribution in [3.63, 3.8) is 0 Å². The maximum absolute atomic E-state index is 13.2. The van der Waals surface area contributed by atoms with Gasteiger partial charge in [0.2, 0.25) is 0 Å². The van der Waals surface area contributed by atoms with E-state index < -0.39 is 0 Å². The maximum atomic E-state index is 13.2. The molecule has 1 aliphatic rings. The van der Waals surface area contributed by atoms with Crippen LogP contribution >= 0.6 is 35.0 Å². The molecule has 0 aliphatic carbocycles. The van der Waals surface area contributed by atoms with Crippen molar-refractivity contribution in [1.29, 1.82) is 0 Å². The topological polar surface area (TPSA) is 32.7 Å². The van der Waals surface area contributed by atoms with Gasteiger partial charge in [-0.25, -0.2) is 4.99 Å². The number of carbonyl (C=O) groups excluding carboxylic acids is 1. The summed E-state index contributed by atoms with van der Waals surface area (Å²) in [5, 5.41) is 1.64. The van der Waals surface area contributed by atoms with Crippen LogP contribution in [0.2, 0.25) is 10.0 Å². The molecule has 0 radical (unpaired) electrons. The van der Waals surface area contributed by atoms with Gasteiger partial charge in [0.05, 0.1) is 16.3 Å². The molecule has 1 aliphatic heterocycles. The molecule has 1 saturated heterocycles. The summed E-state index contributed by atoms with van der Waals surface area (Å²) in [7, 11) is 0. The predicted molar refractivity (Wildman–Crippen MR) is 119 cm³/mol. The van der Waals surface area contributed by atoms with Crippen LogP contribution < -0.4 is 4.90 Å². The number of para-hydroxylation sites is 2. The third-order valence-electron chi connectivity index (χ3n) is 4.05. The molecule has 3 aromatic rings. The van der Waals surface area contributed by atoms with Crippen molar-refractivity contribution in [1.82, 2.24) is 0 Å². The van der Waals surface area contributed by atoms with E-state index in [0.29, 0.717) is 20.1 Å². The Morgan fingerprint density at radius 2 is 1.57 bits per heavy atom. The number of hydrogen-bond donors (Lipinski definition) is 0. The van der Waals surface area contributed by atoms with Crippen LogP contribution in [-0.4, -0.2) is 11.1 Å². The Hall–Kier alpha value is -2.53. The fourth-order valence-electron chi connectivity index (χ4n) is 2.73. The molecule has 3 nitrogen and oxygen atoms in total. The molecular weight excluding hydrogens is 411 g/mol. The molecule has 0 atom stereocenters. The molecule has 1 heterocycles. The number of thioether (sulfide) groups is 1. The number of nitrogens with zero attached hydrogens (tertiary/aromatic N) is 2. The summed E-state index contributed by atoms with van der Waals surface area (Å²) in [5.41, 5.74) is 2.28. The molecule has 0 N–H and O–H groups in total. The lowest BCUT2D eigenvalue weighted by atomic mass is 10.2. The van der Waals surface area contributed by atoms with E-state index in [1.54, 1.807) is 29.2 Å². The Morgan fingerprint density at radius 3 is 2.25 bits per heavy atom. The highest BCUT2D eigenvalue weighted by atomic mass is 35.5. The van der Waals surface area contributed by atoms with E-state index in [9.17, 15) is 4.79 Å². The lowest BCUT2D eigenvalue weighted by molar-refractivity contribution is -0.113. The second kappa shape index (κ2) is 8.23. The summed E-state index contributed by atoms with van der Waals surface area (Å²) in [6.45, 7) is 0. The second-order valence-electron chi connectivity index (χ2n) is 5.98. The van der Waals surface area contributed by atoms with Crippen LogP contribution in [0.15, 0.2) is 88.8 Å². The van der Waals surface area contributed by atoms with Gasteiger partial charge in [0, 0.05) is 10.0 Å². The molecule has 0 aromatic heterocycles. The Morgan fingerprint density at radius 1 is 0.893 bits per heavy atom. The molecule has 138 valence electrons. The van der Waals surface area contributed by atoms with Crippen molar-refractivity contribution >= 4 is 63.5 Å². The smallest absolute Gasteiger partial charge is 0.268 e. The van der Waals surface area contributed by atoms with Gasteiger partial charge in [-0.05, 0) is 59.8 Å². The van der Waals surface area contributed by atoms with Crippen molar-refractivity contribution in [2.45, 2.75) is 0 Å². The molecular formula is C22H14Cl2N2OS. The van der Waals surface area contributed by atoms with Gasteiger partial charge < -0.3 is 0 Å². The number of amides is 1. The van der Waals surface area contributed by atoms with Crippen molar-refractivity contribution in [2.24, 2.45) is 4.99 Å². The van der Waals surface area contributed by atoms with Gasteiger partial charge in [-0.15, -0.1) is 0 Å². The molecule has 1 fully saturated rings. The van der Waals surface area contributed by atoms with Crippen LogP contribution in [-0.2, 0) is 4.79 Å². The molecule has 0 unspecified atom stereocenters. The Kier molecular flexibility index (Phi) is 5.53. The predicted octanol–water partition coefficient (Wildman–Crippen LogP) is 6.80. The molecule has 0 saturated carbocycles. The molecule has 4 rings (SSSR count). The molecule has 1 amide bonds. The number of halogens is 2. The Bertz CT molecular complexity index is 1080. The van der Waals surface area contributed by atoms with E-state index in [1.165, 1.54) is 11.8 Å². The minimum Gasteiger partial charge on any atom is -0.268 e. The third-order valence-corrected chi connectivity index (χ3v) is 5.58. The van der Waals surface area contributed by atoms with Crippen LogP contribution in [0, 0.1) is 0 Å². The highest BCUT2D eigenvalue weighted by Crippen LogP contribution is 2.38. The zero-order chi connectivity index (χ0) is 19.5. The summed E-state index contributed by atoms with van der Waals surface area (Å²) in [6, 6.07) is 24.2. The minimum absolute atomic E-state index is 0.142. The number of rotatable bonds is 3. The summed E-state index contributed by atoms with van der Waals surface area (Å²) >= 11 is 13.6. The van der Waals surface area contributed by atoms with Crippen molar-refractivity contribution < 1.29 is 4.79 Å². The van der Waals surface area contributed by atoms with E-state index in [2.05, 4.69) is 4.99 Å². The molecule has 0 bridgehead atoms. The third kappa shape index (κ3) is 3.99. The van der Waals surface area contributed by atoms with Gasteiger partial charge in [0.25, 0.3) is 5.91 Å². The number of amidine groups is 1. The van der Waals surface area contributed by atoms with Crippen molar-refractivity contribution in [2.75, 3.05) is 4.90 Å². The number of hydrogen-bond acceptors (Lipinski definition) is 3. The standard InChI is InChI=1S/C22H14Cl2N2OS/c23-16-12-11-15(19(24)14-16)13-20-21(27)26(18-9-5-2-6-10-18)22(28-20)25-17-7-3-1-4-8-17/h1-14H. The summed E-state index contributed by atoms with van der Waals surface area (Å²) < 4.78 is 0. The number of benzene rings is 3. The van der Waals surface area contributed by atoms with Crippen LogP contribution in [0.1, 0.15) is 5.56 Å². The Labute approximate surface area is 177 Å². The van der Waals surface area contributed by atoms with Gasteiger partial charge in [0.1, 0.15) is 0 Å². The van der Waals surface area contributed by atoms with Crippen LogP contribution in [0.5, 0.6) is 0 Å². The number of anilines is 1. The normalized spacial score (nSPS) is 16.9. The first-order valence-electron chi connectivity index (χ1n) is 8.50. The van der Waals surface area contributed by atoms with Crippen LogP contribution in [0.4, 0.5) is 11.4 Å². The average Bonchev–Trinajstić information content (AvgIpc) is 3.00. The van der Waals surface area contributed by atoms with Gasteiger partial charge >= 0.3 is 0 Å². The average molecular weight is 425 g/mol. The molecule has 6 heteroatoms. The van der Waals surface area contributed by atoms with Gasteiger partial charge in [0.15, 0.2) is 5.17 Å². The van der Waals surface area contributed by atoms with Gasteiger partial charge in [-0.1, -0.05) is 65.7 Å². The summed E-state index contributed by atoms with van der Waals surface area (Å²) in [4.78, 5) is 20.0. The highest BCUT2D eigenvalue weighted by molar-refractivity contribution is 8.19.